The molecule has 2 nitrogen and oxygen atoms in total. The van der Waals surface area contributed by atoms with Crippen molar-refractivity contribution in [3.8, 4) is 5.75 Å². The topological polar surface area (TPSA) is 35.2 Å². The zero-order chi connectivity index (χ0) is 13.2. The largest absolute Gasteiger partial charge is 0.573 e. The summed E-state index contributed by atoms with van der Waals surface area (Å²) in [5.41, 5.74) is 6.55. The first-order valence-electron chi connectivity index (χ1n) is 5.10. The third-order valence-electron chi connectivity index (χ3n) is 2.30. The Kier molecular flexibility index (Phi) is 5.22. The van der Waals surface area contributed by atoms with Crippen LogP contribution in [0.1, 0.15) is 16.5 Å². The minimum absolute atomic E-state index is 0. The second-order valence-corrected chi connectivity index (χ2v) is 4.59. The summed E-state index contributed by atoms with van der Waals surface area (Å²) in [6.45, 7) is 0. The van der Waals surface area contributed by atoms with Crippen LogP contribution in [-0.4, -0.2) is 6.36 Å². The summed E-state index contributed by atoms with van der Waals surface area (Å²) in [6.07, 6.45) is -4.69. The molecule has 0 aliphatic heterocycles. The van der Waals surface area contributed by atoms with Gasteiger partial charge in [0.05, 0.1) is 6.04 Å². The summed E-state index contributed by atoms with van der Waals surface area (Å²) >= 11 is 1.46. The fourth-order valence-electron chi connectivity index (χ4n) is 1.54. The van der Waals surface area contributed by atoms with Crippen LogP contribution in [0.2, 0.25) is 0 Å². The average Bonchev–Trinajstić information content (AvgIpc) is 2.79. The van der Waals surface area contributed by atoms with Crippen molar-refractivity contribution in [1.82, 2.24) is 0 Å². The number of hydrogen-bond donors (Lipinski definition) is 1. The van der Waals surface area contributed by atoms with Crippen LogP contribution in [0, 0.1) is 0 Å². The third-order valence-corrected chi connectivity index (χ3v) is 3.26. The van der Waals surface area contributed by atoms with E-state index < -0.39 is 12.4 Å². The molecule has 1 aromatic carbocycles. The number of alkyl halides is 3. The molecule has 0 fully saturated rings. The van der Waals surface area contributed by atoms with Crippen LogP contribution >= 0.6 is 23.7 Å². The third kappa shape index (κ3) is 4.41. The molecule has 1 heterocycles. The van der Waals surface area contributed by atoms with Crippen LogP contribution in [-0.2, 0) is 0 Å². The SMILES string of the molecule is Cl.N[C@@H](c1cccc(OC(F)(F)F)c1)c1cccs1. The highest BCUT2D eigenvalue weighted by molar-refractivity contribution is 7.10. The normalized spacial score (nSPS) is 12.6. The van der Waals surface area contributed by atoms with E-state index in [1.165, 1.54) is 29.5 Å². The molecule has 104 valence electrons. The highest BCUT2D eigenvalue weighted by Crippen LogP contribution is 2.28. The maximum absolute atomic E-state index is 12.1. The predicted molar refractivity (Wildman–Crippen MR) is 70.7 cm³/mol. The number of benzene rings is 1. The average molecular weight is 310 g/mol. The number of rotatable bonds is 3. The molecule has 7 heteroatoms. The van der Waals surface area contributed by atoms with Crippen molar-refractivity contribution in [1.29, 1.82) is 0 Å². The first-order valence-corrected chi connectivity index (χ1v) is 5.98. The maximum atomic E-state index is 12.1. The van der Waals surface area contributed by atoms with Gasteiger partial charge in [-0.3, -0.25) is 0 Å². The van der Waals surface area contributed by atoms with Crippen LogP contribution in [0.5, 0.6) is 5.75 Å². The Morgan fingerprint density at radius 2 is 1.89 bits per heavy atom. The van der Waals surface area contributed by atoms with Crippen molar-refractivity contribution >= 4 is 23.7 Å². The molecule has 0 saturated carbocycles. The molecule has 2 N–H and O–H groups in total. The number of thiophene rings is 1. The van der Waals surface area contributed by atoms with E-state index in [0.717, 1.165) is 4.88 Å². The van der Waals surface area contributed by atoms with Gasteiger partial charge in [0.25, 0.3) is 0 Å². The van der Waals surface area contributed by atoms with Gasteiger partial charge in [-0.15, -0.1) is 36.9 Å². The first kappa shape index (κ1) is 15.8. The molecule has 0 unspecified atom stereocenters. The van der Waals surface area contributed by atoms with E-state index in [1.54, 1.807) is 6.07 Å². The minimum Gasteiger partial charge on any atom is -0.406 e. The Morgan fingerprint density at radius 3 is 2.47 bits per heavy atom. The number of halogens is 4. The van der Waals surface area contributed by atoms with Crippen LogP contribution in [0.15, 0.2) is 41.8 Å². The predicted octanol–water partition coefficient (Wildman–Crippen LogP) is 4.12. The summed E-state index contributed by atoms with van der Waals surface area (Å²) in [5.74, 6) is -0.257. The van der Waals surface area contributed by atoms with Gasteiger partial charge in [-0.1, -0.05) is 18.2 Å². The second-order valence-electron chi connectivity index (χ2n) is 3.61. The Labute approximate surface area is 118 Å². The molecule has 0 aliphatic carbocycles. The zero-order valence-corrected chi connectivity index (χ0v) is 11.2. The van der Waals surface area contributed by atoms with Crippen molar-refractivity contribution in [2.45, 2.75) is 12.4 Å². The lowest BCUT2D eigenvalue weighted by Crippen LogP contribution is -2.17. The van der Waals surface area contributed by atoms with Gasteiger partial charge in [0.15, 0.2) is 0 Å². The number of hydrogen-bond acceptors (Lipinski definition) is 3. The van der Waals surface area contributed by atoms with Crippen LogP contribution < -0.4 is 10.5 Å². The molecule has 2 aromatic rings. The van der Waals surface area contributed by atoms with Gasteiger partial charge in [-0.25, -0.2) is 0 Å². The van der Waals surface area contributed by atoms with E-state index in [4.69, 9.17) is 5.73 Å². The standard InChI is InChI=1S/C12H10F3NOS.ClH/c13-12(14,15)17-9-4-1-3-8(7-9)11(16)10-5-2-6-18-10;/h1-7,11H,16H2;1H/t11-;/m0./s1. The van der Waals surface area contributed by atoms with E-state index in [9.17, 15) is 13.2 Å². The van der Waals surface area contributed by atoms with Gasteiger partial charge in [-0.2, -0.15) is 0 Å². The van der Waals surface area contributed by atoms with Gasteiger partial charge >= 0.3 is 6.36 Å². The molecule has 19 heavy (non-hydrogen) atoms. The highest BCUT2D eigenvalue weighted by Gasteiger charge is 2.31. The summed E-state index contributed by atoms with van der Waals surface area (Å²) in [6, 6.07) is 8.96. The van der Waals surface area contributed by atoms with E-state index in [-0.39, 0.29) is 18.2 Å². The molecular weight excluding hydrogens is 299 g/mol. The molecule has 2 rings (SSSR count). The maximum Gasteiger partial charge on any atom is 0.573 e. The van der Waals surface area contributed by atoms with Gasteiger partial charge < -0.3 is 10.5 Å². The Hall–Kier alpha value is -1.24. The van der Waals surface area contributed by atoms with Crippen molar-refractivity contribution in [2.75, 3.05) is 0 Å². The molecular formula is C12H11ClF3NOS. The van der Waals surface area contributed by atoms with Crippen molar-refractivity contribution < 1.29 is 17.9 Å². The first-order chi connectivity index (χ1) is 8.46. The quantitative estimate of drug-likeness (QED) is 0.925. The lowest BCUT2D eigenvalue weighted by atomic mass is 10.1. The second kappa shape index (κ2) is 6.27. The molecule has 0 radical (unpaired) electrons. The molecule has 1 aromatic heterocycles. The van der Waals surface area contributed by atoms with Crippen LogP contribution in [0.25, 0.3) is 0 Å². The van der Waals surface area contributed by atoms with E-state index >= 15 is 0 Å². The number of nitrogens with two attached hydrogens (primary N) is 1. The molecule has 0 aliphatic rings. The molecule has 1 atom stereocenters. The molecule has 0 saturated heterocycles. The van der Waals surface area contributed by atoms with E-state index in [1.807, 2.05) is 17.5 Å². The van der Waals surface area contributed by atoms with Gasteiger partial charge in [0, 0.05) is 4.88 Å². The van der Waals surface area contributed by atoms with E-state index in [0.29, 0.717) is 5.56 Å². The number of ether oxygens (including phenoxy) is 1. The zero-order valence-electron chi connectivity index (χ0n) is 9.55. The van der Waals surface area contributed by atoms with Crippen molar-refractivity contribution in [3.63, 3.8) is 0 Å². The summed E-state index contributed by atoms with van der Waals surface area (Å²) in [5, 5.41) is 1.87. The fraction of sp³-hybridized carbons (Fsp3) is 0.167. The summed E-state index contributed by atoms with van der Waals surface area (Å²) in [4.78, 5) is 0.888. The highest BCUT2D eigenvalue weighted by atomic mass is 35.5. The Bertz CT molecular complexity index is 516. The molecule has 0 spiro atoms. The van der Waals surface area contributed by atoms with Crippen LogP contribution in [0.4, 0.5) is 13.2 Å². The smallest absolute Gasteiger partial charge is 0.406 e. The lowest BCUT2D eigenvalue weighted by molar-refractivity contribution is -0.274. The van der Waals surface area contributed by atoms with E-state index in [2.05, 4.69) is 4.74 Å². The molecule has 0 amide bonds. The Balaban J connectivity index is 0.00000180. The lowest BCUT2D eigenvalue weighted by Gasteiger charge is -2.13. The molecule has 0 bridgehead atoms. The van der Waals surface area contributed by atoms with Crippen LogP contribution in [0.3, 0.4) is 0 Å². The van der Waals surface area contributed by atoms with Gasteiger partial charge in [-0.05, 0) is 29.1 Å². The monoisotopic (exact) mass is 309 g/mol. The summed E-state index contributed by atoms with van der Waals surface area (Å²) < 4.78 is 40.1. The van der Waals surface area contributed by atoms with Crippen molar-refractivity contribution in [3.05, 3.63) is 52.2 Å². The Morgan fingerprint density at radius 1 is 1.16 bits per heavy atom. The van der Waals surface area contributed by atoms with Gasteiger partial charge in [0.1, 0.15) is 5.75 Å². The minimum atomic E-state index is -4.69. The summed E-state index contributed by atoms with van der Waals surface area (Å²) in [7, 11) is 0. The fourth-order valence-corrected chi connectivity index (χ4v) is 2.29. The van der Waals surface area contributed by atoms with Gasteiger partial charge in [0.2, 0.25) is 0 Å². The van der Waals surface area contributed by atoms with Crippen molar-refractivity contribution in [2.24, 2.45) is 5.73 Å².